The third-order valence-electron chi connectivity index (χ3n) is 2.86. The summed E-state index contributed by atoms with van der Waals surface area (Å²) in [5.41, 5.74) is 8.01. The van der Waals surface area contributed by atoms with E-state index in [1.165, 1.54) is 11.3 Å². The topological polar surface area (TPSA) is 85.1 Å². The number of nitrogens with two attached hydrogens (primary N) is 1. The van der Waals surface area contributed by atoms with Crippen LogP contribution in [0.1, 0.15) is 16.7 Å². The molecule has 0 aliphatic heterocycles. The minimum atomic E-state index is -3.63. The fraction of sp³-hybridized carbons (Fsp3) is 0.250. The molecule has 5 nitrogen and oxygen atoms in total. The average molecular weight is 297 g/mol. The second-order valence-electron chi connectivity index (χ2n) is 4.18. The number of aromatic nitrogens is 1. The highest BCUT2D eigenvalue weighted by Crippen LogP contribution is 2.24. The van der Waals surface area contributed by atoms with Gasteiger partial charge < -0.3 is 5.73 Å². The van der Waals surface area contributed by atoms with Crippen molar-refractivity contribution in [3.63, 3.8) is 0 Å². The lowest BCUT2D eigenvalue weighted by Gasteiger charge is -2.12. The van der Waals surface area contributed by atoms with Crippen molar-refractivity contribution in [1.29, 1.82) is 0 Å². The van der Waals surface area contributed by atoms with Crippen molar-refractivity contribution in [3.05, 3.63) is 40.4 Å². The van der Waals surface area contributed by atoms with E-state index in [9.17, 15) is 8.42 Å². The number of hydrogen-bond acceptors (Lipinski definition) is 5. The summed E-state index contributed by atoms with van der Waals surface area (Å²) in [6.07, 6.45) is 1.55. The molecule has 3 N–H and O–H groups in total. The summed E-state index contributed by atoms with van der Waals surface area (Å²) in [5.74, 6) is 0. The first kappa shape index (κ1) is 14.0. The van der Waals surface area contributed by atoms with Gasteiger partial charge in [0.25, 0.3) is 10.0 Å². The SMILES string of the molecule is Cc1cc(CN)cc(S(=O)(=O)Nc2nccs2)c1C. The maximum absolute atomic E-state index is 12.4. The Kier molecular flexibility index (Phi) is 3.88. The van der Waals surface area contributed by atoms with Crippen LogP contribution >= 0.6 is 11.3 Å². The number of aryl methyl sites for hydroxylation is 1. The number of anilines is 1. The van der Waals surface area contributed by atoms with E-state index in [2.05, 4.69) is 9.71 Å². The molecular formula is C12H15N3O2S2. The van der Waals surface area contributed by atoms with Crippen LogP contribution in [0.3, 0.4) is 0 Å². The summed E-state index contributed by atoms with van der Waals surface area (Å²) in [5, 5.41) is 2.07. The molecule has 0 aliphatic carbocycles. The van der Waals surface area contributed by atoms with Crippen LogP contribution in [0.2, 0.25) is 0 Å². The molecule has 1 aromatic carbocycles. The number of benzene rings is 1. The van der Waals surface area contributed by atoms with Gasteiger partial charge >= 0.3 is 0 Å². The van der Waals surface area contributed by atoms with E-state index >= 15 is 0 Å². The molecule has 2 rings (SSSR count). The molecule has 0 spiro atoms. The maximum Gasteiger partial charge on any atom is 0.263 e. The predicted molar refractivity (Wildman–Crippen MR) is 76.7 cm³/mol. The van der Waals surface area contributed by atoms with E-state index in [1.54, 1.807) is 24.6 Å². The first-order valence-electron chi connectivity index (χ1n) is 5.66. The van der Waals surface area contributed by atoms with E-state index in [4.69, 9.17) is 5.73 Å². The molecule has 19 heavy (non-hydrogen) atoms. The van der Waals surface area contributed by atoms with E-state index < -0.39 is 10.0 Å². The molecule has 2 aromatic rings. The van der Waals surface area contributed by atoms with Crippen LogP contribution in [0.15, 0.2) is 28.6 Å². The van der Waals surface area contributed by atoms with Gasteiger partial charge in [-0.2, -0.15) is 0 Å². The van der Waals surface area contributed by atoms with Crippen molar-refractivity contribution in [1.82, 2.24) is 4.98 Å². The Morgan fingerprint density at radius 2 is 2.11 bits per heavy atom. The van der Waals surface area contributed by atoms with Crippen molar-refractivity contribution < 1.29 is 8.42 Å². The Morgan fingerprint density at radius 3 is 2.68 bits per heavy atom. The van der Waals surface area contributed by atoms with Crippen molar-refractivity contribution in [2.75, 3.05) is 4.72 Å². The van der Waals surface area contributed by atoms with Gasteiger partial charge in [0.2, 0.25) is 0 Å². The Morgan fingerprint density at radius 1 is 1.37 bits per heavy atom. The van der Waals surface area contributed by atoms with E-state index in [0.717, 1.165) is 16.7 Å². The lowest BCUT2D eigenvalue weighted by Crippen LogP contribution is -2.15. The molecule has 0 radical (unpaired) electrons. The molecule has 0 atom stereocenters. The molecule has 0 aliphatic rings. The van der Waals surface area contributed by atoms with Crippen molar-refractivity contribution in [2.24, 2.45) is 5.73 Å². The number of hydrogen-bond donors (Lipinski definition) is 2. The van der Waals surface area contributed by atoms with Gasteiger partial charge in [0, 0.05) is 18.1 Å². The molecule has 7 heteroatoms. The fourth-order valence-electron chi connectivity index (χ4n) is 1.74. The third kappa shape index (κ3) is 2.94. The zero-order valence-electron chi connectivity index (χ0n) is 10.7. The number of sulfonamides is 1. The molecule has 0 bridgehead atoms. The van der Waals surface area contributed by atoms with Gasteiger partial charge in [-0.15, -0.1) is 11.3 Å². The van der Waals surface area contributed by atoms with Gasteiger partial charge in [0.05, 0.1) is 4.90 Å². The standard InChI is InChI=1S/C12H15N3O2S2/c1-8-5-10(7-13)6-11(9(8)2)19(16,17)15-12-14-3-4-18-12/h3-6H,7,13H2,1-2H3,(H,14,15). The van der Waals surface area contributed by atoms with Crippen molar-refractivity contribution in [3.8, 4) is 0 Å². The van der Waals surface area contributed by atoms with Crippen LogP contribution in [0.4, 0.5) is 5.13 Å². The zero-order valence-corrected chi connectivity index (χ0v) is 12.3. The molecule has 102 valence electrons. The Balaban J connectivity index is 2.48. The second-order valence-corrected chi connectivity index (χ2v) is 6.73. The van der Waals surface area contributed by atoms with Crippen LogP contribution in [0.5, 0.6) is 0 Å². The van der Waals surface area contributed by atoms with Crippen LogP contribution in [0, 0.1) is 13.8 Å². The Bertz CT molecular complexity index is 679. The van der Waals surface area contributed by atoms with Crippen LogP contribution in [0.25, 0.3) is 0 Å². The van der Waals surface area contributed by atoms with Gasteiger partial charge in [-0.05, 0) is 36.6 Å². The summed E-state index contributed by atoms with van der Waals surface area (Å²) in [6, 6.07) is 3.51. The second kappa shape index (κ2) is 5.28. The zero-order chi connectivity index (χ0) is 14.0. The largest absolute Gasteiger partial charge is 0.326 e. The summed E-state index contributed by atoms with van der Waals surface area (Å²) in [6.45, 7) is 3.96. The van der Waals surface area contributed by atoms with Gasteiger partial charge in [0.15, 0.2) is 5.13 Å². The Labute approximate surface area is 116 Å². The molecule has 1 heterocycles. The molecule has 0 saturated carbocycles. The van der Waals surface area contributed by atoms with Gasteiger partial charge in [-0.1, -0.05) is 6.07 Å². The smallest absolute Gasteiger partial charge is 0.263 e. The monoisotopic (exact) mass is 297 g/mol. The average Bonchev–Trinajstić information content (AvgIpc) is 2.84. The summed E-state index contributed by atoms with van der Waals surface area (Å²) in [4.78, 5) is 4.18. The molecule has 0 saturated heterocycles. The van der Waals surface area contributed by atoms with Crippen LogP contribution in [-0.4, -0.2) is 13.4 Å². The quantitative estimate of drug-likeness (QED) is 0.904. The molecular weight excluding hydrogens is 282 g/mol. The highest BCUT2D eigenvalue weighted by Gasteiger charge is 2.19. The molecule has 0 unspecified atom stereocenters. The van der Waals surface area contributed by atoms with Gasteiger partial charge in [-0.3, -0.25) is 4.72 Å². The first-order valence-corrected chi connectivity index (χ1v) is 8.03. The number of rotatable bonds is 4. The minimum absolute atomic E-state index is 0.253. The molecule has 1 aromatic heterocycles. The fourth-order valence-corrected chi connectivity index (χ4v) is 3.90. The maximum atomic E-state index is 12.4. The van der Waals surface area contributed by atoms with Gasteiger partial charge in [0.1, 0.15) is 0 Å². The van der Waals surface area contributed by atoms with Crippen molar-refractivity contribution in [2.45, 2.75) is 25.3 Å². The van der Waals surface area contributed by atoms with E-state index in [0.29, 0.717) is 11.7 Å². The number of thiazole rings is 1. The van der Waals surface area contributed by atoms with E-state index in [-0.39, 0.29) is 4.90 Å². The van der Waals surface area contributed by atoms with Gasteiger partial charge in [-0.25, -0.2) is 13.4 Å². The Hall–Kier alpha value is -1.44. The summed E-state index contributed by atoms with van der Waals surface area (Å²) in [7, 11) is -3.63. The molecule has 0 amide bonds. The number of nitrogens with one attached hydrogen (secondary N) is 1. The highest BCUT2D eigenvalue weighted by atomic mass is 32.2. The lowest BCUT2D eigenvalue weighted by molar-refractivity contribution is 0.600. The number of nitrogens with zero attached hydrogens (tertiary/aromatic N) is 1. The summed E-state index contributed by atoms with van der Waals surface area (Å²) < 4.78 is 27.2. The minimum Gasteiger partial charge on any atom is -0.326 e. The van der Waals surface area contributed by atoms with Crippen LogP contribution < -0.4 is 10.5 Å². The van der Waals surface area contributed by atoms with E-state index in [1.807, 2.05) is 13.0 Å². The first-order chi connectivity index (χ1) is 8.94. The highest BCUT2D eigenvalue weighted by molar-refractivity contribution is 7.93. The third-order valence-corrected chi connectivity index (χ3v) is 5.14. The van der Waals surface area contributed by atoms with Crippen LogP contribution in [-0.2, 0) is 16.6 Å². The normalized spacial score (nSPS) is 11.5. The molecule has 0 fully saturated rings. The van der Waals surface area contributed by atoms with Crippen molar-refractivity contribution >= 4 is 26.5 Å². The summed E-state index contributed by atoms with van der Waals surface area (Å²) >= 11 is 1.24. The predicted octanol–water partition coefficient (Wildman–Crippen LogP) is 2.02. The lowest BCUT2D eigenvalue weighted by atomic mass is 10.1.